The Hall–Kier alpha value is -4.00. The maximum Gasteiger partial charge on any atom is 0.254 e. The van der Waals surface area contributed by atoms with Crippen molar-refractivity contribution in [2.75, 3.05) is 0 Å². The summed E-state index contributed by atoms with van der Waals surface area (Å²) in [5.74, 6) is -0.304. The van der Waals surface area contributed by atoms with Gasteiger partial charge in [0, 0.05) is 17.8 Å². The number of hydrogen-bond acceptors (Lipinski definition) is 5. The predicted molar refractivity (Wildman–Crippen MR) is 128 cm³/mol. The van der Waals surface area contributed by atoms with Crippen molar-refractivity contribution in [2.24, 2.45) is 5.14 Å². The Morgan fingerprint density at radius 2 is 1.76 bits per heavy atom. The molecule has 4 aromatic rings. The minimum atomic E-state index is -3.78. The van der Waals surface area contributed by atoms with E-state index in [-0.39, 0.29) is 17.3 Å². The maximum absolute atomic E-state index is 13.4. The summed E-state index contributed by atoms with van der Waals surface area (Å²) in [6.45, 7) is 4.03. The van der Waals surface area contributed by atoms with Crippen molar-refractivity contribution in [3.05, 3.63) is 88.7 Å². The first-order valence-corrected chi connectivity index (χ1v) is 12.2. The number of primary sulfonamides is 1. The smallest absolute Gasteiger partial charge is 0.254 e. The highest BCUT2D eigenvalue weighted by Crippen LogP contribution is 2.31. The van der Waals surface area contributed by atoms with Crippen LogP contribution in [0.4, 0.5) is 0 Å². The van der Waals surface area contributed by atoms with E-state index in [1.54, 1.807) is 31.2 Å². The number of nitrogens with one attached hydrogen (secondary N) is 1. The zero-order valence-electron chi connectivity index (χ0n) is 18.7. The SMILES string of the molecule is CCc1ccc2c(-c3ccc(C#N)cc3)c(C(=O)NCc3ccc(S(N)(=O)=O)cc3)c(C)nn12. The Bertz CT molecular complexity index is 1530. The van der Waals surface area contributed by atoms with Crippen molar-refractivity contribution < 1.29 is 13.2 Å². The third-order valence-corrected chi connectivity index (χ3v) is 6.58. The number of fused-ring (bicyclic) bond motifs is 1. The van der Waals surface area contributed by atoms with Gasteiger partial charge in [-0.1, -0.05) is 31.2 Å². The van der Waals surface area contributed by atoms with Gasteiger partial charge in [0.2, 0.25) is 10.0 Å². The Labute approximate surface area is 197 Å². The van der Waals surface area contributed by atoms with Gasteiger partial charge in [-0.2, -0.15) is 10.4 Å². The molecule has 9 heteroatoms. The van der Waals surface area contributed by atoms with Gasteiger partial charge in [-0.25, -0.2) is 18.1 Å². The number of hydrogen-bond donors (Lipinski definition) is 2. The first-order chi connectivity index (χ1) is 16.2. The first kappa shape index (κ1) is 23.2. The highest BCUT2D eigenvalue weighted by molar-refractivity contribution is 7.89. The number of rotatable bonds is 6. The molecule has 2 heterocycles. The number of aryl methyl sites for hydroxylation is 2. The van der Waals surface area contributed by atoms with Crippen molar-refractivity contribution in [1.82, 2.24) is 14.9 Å². The third-order valence-electron chi connectivity index (χ3n) is 5.65. The van der Waals surface area contributed by atoms with Crippen molar-refractivity contribution in [3.8, 4) is 17.2 Å². The first-order valence-electron chi connectivity index (χ1n) is 10.6. The molecule has 0 aliphatic heterocycles. The molecule has 2 aromatic carbocycles. The molecule has 0 spiro atoms. The van der Waals surface area contributed by atoms with Crippen molar-refractivity contribution in [3.63, 3.8) is 0 Å². The lowest BCUT2D eigenvalue weighted by atomic mass is 9.97. The average Bonchev–Trinajstić information content (AvgIpc) is 3.24. The Balaban J connectivity index is 1.74. The molecule has 1 amide bonds. The summed E-state index contributed by atoms with van der Waals surface area (Å²) >= 11 is 0. The summed E-state index contributed by atoms with van der Waals surface area (Å²) in [5, 5.41) is 21.9. The summed E-state index contributed by atoms with van der Waals surface area (Å²) in [6, 6.07) is 19.2. The van der Waals surface area contributed by atoms with Gasteiger partial charge >= 0.3 is 0 Å². The van der Waals surface area contributed by atoms with Crippen LogP contribution in [0.3, 0.4) is 0 Å². The van der Waals surface area contributed by atoms with Gasteiger partial charge in [0.1, 0.15) is 0 Å². The van der Waals surface area contributed by atoms with E-state index in [9.17, 15) is 13.2 Å². The third kappa shape index (κ3) is 4.41. The molecular weight excluding hydrogens is 450 g/mol. The van der Waals surface area contributed by atoms with E-state index in [4.69, 9.17) is 10.4 Å². The number of nitrogens with two attached hydrogens (primary N) is 1. The standard InChI is InChI=1S/C25H23N5O3S/c1-3-20-10-13-22-24(19-8-4-17(14-26)5-9-19)23(16(2)29-30(20)22)25(31)28-15-18-6-11-21(12-7-18)34(27,32)33/h4-13H,3,15H2,1-2H3,(H,28,31)(H2,27,32,33). The molecule has 8 nitrogen and oxygen atoms in total. The van der Waals surface area contributed by atoms with Gasteiger partial charge in [-0.05, 0) is 60.9 Å². The molecule has 0 unspecified atom stereocenters. The Kier molecular flexibility index (Phi) is 6.20. The minimum Gasteiger partial charge on any atom is -0.348 e. The Morgan fingerprint density at radius 1 is 1.09 bits per heavy atom. The van der Waals surface area contributed by atoms with Crippen LogP contribution in [0.5, 0.6) is 0 Å². The molecule has 0 aliphatic rings. The van der Waals surface area contributed by atoms with Crippen LogP contribution < -0.4 is 10.5 Å². The van der Waals surface area contributed by atoms with Crippen LogP contribution in [-0.2, 0) is 23.0 Å². The number of aromatic nitrogens is 2. The maximum atomic E-state index is 13.4. The second kappa shape index (κ2) is 9.09. The number of carbonyl (C=O) groups is 1. The second-order valence-electron chi connectivity index (χ2n) is 7.87. The molecule has 0 saturated carbocycles. The fraction of sp³-hybridized carbons (Fsp3) is 0.160. The summed E-state index contributed by atoms with van der Waals surface area (Å²) in [6.07, 6.45) is 0.785. The fourth-order valence-electron chi connectivity index (χ4n) is 3.90. The minimum absolute atomic E-state index is 0.0103. The van der Waals surface area contributed by atoms with Gasteiger partial charge in [0.05, 0.1) is 33.3 Å². The van der Waals surface area contributed by atoms with E-state index < -0.39 is 10.0 Å². The van der Waals surface area contributed by atoms with Gasteiger partial charge in [-0.15, -0.1) is 0 Å². The number of nitrogens with zero attached hydrogens (tertiary/aromatic N) is 3. The van der Waals surface area contributed by atoms with Gasteiger partial charge in [-0.3, -0.25) is 4.79 Å². The zero-order valence-corrected chi connectivity index (χ0v) is 19.6. The highest BCUT2D eigenvalue weighted by Gasteiger charge is 2.22. The Morgan fingerprint density at radius 3 is 2.35 bits per heavy atom. The van der Waals surface area contributed by atoms with Gasteiger partial charge in [0.15, 0.2) is 0 Å². The van der Waals surface area contributed by atoms with Crippen LogP contribution in [0.25, 0.3) is 16.6 Å². The number of benzene rings is 2. The zero-order chi connectivity index (χ0) is 24.5. The normalized spacial score (nSPS) is 11.4. The molecule has 34 heavy (non-hydrogen) atoms. The lowest BCUT2D eigenvalue weighted by Crippen LogP contribution is -2.25. The molecule has 2 aromatic heterocycles. The topological polar surface area (TPSA) is 130 Å². The number of nitriles is 1. The predicted octanol–water partition coefficient (Wildman–Crippen LogP) is 3.32. The van der Waals surface area contributed by atoms with Crippen molar-refractivity contribution in [2.45, 2.75) is 31.7 Å². The number of carbonyl (C=O) groups excluding carboxylic acids is 1. The van der Waals surface area contributed by atoms with Crippen molar-refractivity contribution >= 4 is 21.4 Å². The quantitative estimate of drug-likeness (QED) is 0.444. The summed E-state index contributed by atoms with van der Waals surface area (Å²) in [5.41, 5.74) is 5.63. The summed E-state index contributed by atoms with van der Waals surface area (Å²) in [7, 11) is -3.78. The number of amides is 1. The largest absolute Gasteiger partial charge is 0.348 e. The van der Waals surface area contributed by atoms with E-state index in [2.05, 4.69) is 16.5 Å². The van der Waals surface area contributed by atoms with Crippen LogP contribution >= 0.6 is 0 Å². The molecule has 0 saturated heterocycles. The molecule has 0 aliphatic carbocycles. The van der Waals surface area contributed by atoms with Crippen LogP contribution in [0.15, 0.2) is 65.6 Å². The second-order valence-corrected chi connectivity index (χ2v) is 9.43. The van der Waals surface area contributed by atoms with Gasteiger partial charge < -0.3 is 5.32 Å². The molecule has 0 atom stereocenters. The molecule has 172 valence electrons. The highest BCUT2D eigenvalue weighted by atomic mass is 32.2. The summed E-state index contributed by atoms with van der Waals surface area (Å²) < 4.78 is 24.8. The molecule has 0 radical (unpaired) electrons. The monoisotopic (exact) mass is 473 g/mol. The van der Waals surface area contributed by atoms with Crippen LogP contribution in [-0.4, -0.2) is 23.9 Å². The molecule has 3 N–H and O–H groups in total. The van der Waals surface area contributed by atoms with Gasteiger partial charge in [0.25, 0.3) is 5.91 Å². The molecule has 0 fully saturated rings. The van der Waals surface area contributed by atoms with E-state index in [0.717, 1.165) is 34.3 Å². The van der Waals surface area contributed by atoms with E-state index in [1.165, 1.54) is 12.1 Å². The van der Waals surface area contributed by atoms with E-state index in [0.29, 0.717) is 16.8 Å². The fourth-order valence-corrected chi connectivity index (χ4v) is 4.42. The average molecular weight is 474 g/mol. The van der Waals surface area contributed by atoms with E-state index in [1.807, 2.05) is 35.7 Å². The molecule has 0 bridgehead atoms. The number of sulfonamides is 1. The van der Waals surface area contributed by atoms with Crippen molar-refractivity contribution in [1.29, 1.82) is 5.26 Å². The molecule has 4 rings (SSSR count). The van der Waals surface area contributed by atoms with Crippen LogP contribution in [0.2, 0.25) is 0 Å². The summed E-state index contributed by atoms with van der Waals surface area (Å²) in [4.78, 5) is 13.4. The lowest BCUT2D eigenvalue weighted by Gasteiger charge is -2.16. The van der Waals surface area contributed by atoms with Crippen LogP contribution in [0, 0.1) is 18.3 Å². The van der Waals surface area contributed by atoms with Crippen LogP contribution in [0.1, 0.15) is 39.8 Å². The lowest BCUT2D eigenvalue weighted by molar-refractivity contribution is 0.0950. The van der Waals surface area contributed by atoms with E-state index >= 15 is 0 Å². The molecular formula is C25H23N5O3S.